The van der Waals surface area contributed by atoms with E-state index in [1.807, 2.05) is 6.92 Å². The number of aliphatic hydroxyl groups excluding tert-OH is 1. The third-order valence-electron chi connectivity index (χ3n) is 2.17. The lowest BCUT2D eigenvalue weighted by molar-refractivity contribution is 0.141. The van der Waals surface area contributed by atoms with Crippen molar-refractivity contribution in [3.05, 3.63) is 33.8 Å². The Kier molecular flexibility index (Phi) is 4.20. The molecule has 0 bridgehead atoms. The zero-order chi connectivity index (χ0) is 10.7. The second-order valence-electron chi connectivity index (χ2n) is 3.14. The Bertz CT molecular complexity index is 297. The first-order chi connectivity index (χ1) is 6.57. The summed E-state index contributed by atoms with van der Waals surface area (Å²) in [7, 11) is 0. The largest absolute Gasteiger partial charge is 0.391 e. The smallest absolute Gasteiger partial charge is 0.0731 e. The maximum Gasteiger partial charge on any atom is 0.0731 e. The zero-order valence-electron chi connectivity index (χ0n) is 7.87. The van der Waals surface area contributed by atoms with E-state index in [1.165, 1.54) is 0 Å². The lowest BCUT2D eigenvalue weighted by Gasteiger charge is -2.19. The van der Waals surface area contributed by atoms with E-state index in [1.54, 1.807) is 18.2 Å². The fraction of sp³-hybridized carbons (Fsp3) is 0.400. The van der Waals surface area contributed by atoms with Crippen molar-refractivity contribution in [3.8, 4) is 0 Å². The summed E-state index contributed by atoms with van der Waals surface area (Å²) < 4.78 is 0. The van der Waals surface area contributed by atoms with Crippen molar-refractivity contribution in [1.29, 1.82) is 0 Å². The molecule has 0 radical (unpaired) electrons. The highest BCUT2D eigenvalue weighted by molar-refractivity contribution is 6.36. The van der Waals surface area contributed by atoms with Crippen molar-refractivity contribution < 1.29 is 5.11 Å². The third kappa shape index (κ3) is 2.39. The quantitative estimate of drug-likeness (QED) is 0.844. The summed E-state index contributed by atoms with van der Waals surface area (Å²) in [4.78, 5) is 0. The van der Waals surface area contributed by atoms with Crippen molar-refractivity contribution in [2.24, 2.45) is 5.73 Å². The van der Waals surface area contributed by atoms with E-state index < -0.39 is 12.1 Å². The molecule has 2 nitrogen and oxygen atoms in total. The molecule has 0 aliphatic heterocycles. The predicted molar refractivity (Wildman–Crippen MR) is 59.7 cm³/mol. The van der Waals surface area contributed by atoms with E-state index >= 15 is 0 Å². The van der Waals surface area contributed by atoms with Gasteiger partial charge in [0, 0.05) is 15.6 Å². The van der Waals surface area contributed by atoms with E-state index in [0.29, 0.717) is 22.0 Å². The molecule has 4 heteroatoms. The molecule has 3 N–H and O–H groups in total. The molecule has 0 heterocycles. The van der Waals surface area contributed by atoms with Crippen LogP contribution >= 0.6 is 23.2 Å². The van der Waals surface area contributed by atoms with Crippen molar-refractivity contribution in [2.75, 3.05) is 0 Å². The Labute approximate surface area is 93.6 Å². The van der Waals surface area contributed by atoms with Crippen LogP contribution in [0.3, 0.4) is 0 Å². The van der Waals surface area contributed by atoms with Gasteiger partial charge in [-0.3, -0.25) is 0 Å². The summed E-state index contributed by atoms with van der Waals surface area (Å²) in [6.07, 6.45) is -0.0460. The number of hydrogen-bond donors (Lipinski definition) is 2. The zero-order valence-corrected chi connectivity index (χ0v) is 9.39. The second kappa shape index (κ2) is 4.99. The molecule has 0 saturated heterocycles. The molecule has 1 rings (SSSR count). The average Bonchev–Trinajstić information content (AvgIpc) is 2.16. The summed E-state index contributed by atoms with van der Waals surface area (Å²) in [6, 6.07) is 4.65. The molecular formula is C10H13Cl2NO. The van der Waals surface area contributed by atoms with Gasteiger partial charge in [-0.05, 0) is 18.6 Å². The molecule has 1 aromatic carbocycles. The monoisotopic (exact) mass is 233 g/mol. The van der Waals surface area contributed by atoms with Gasteiger partial charge in [-0.25, -0.2) is 0 Å². The van der Waals surface area contributed by atoms with Crippen LogP contribution in [0.1, 0.15) is 24.9 Å². The van der Waals surface area contributed by atoms with Crippen LogP contribution in [-0.4, -0.2) is 11.2 Å². The molecule has 1 aromatic rings. The molecule has 14 heavy (non-hydrogen) atoms. The number of nitrogens with two attached hydrogens (primary N) is 1. The summed E-state index contributed by atoms with van der Waals surface area (Å²) in [6.45, 7) is 1.86. The van der Waals surface area contributed by atoms with Crippen molar-refractivity contribution in [3.63, 3.8) is 0 Å². The number of rotatable bonds is 3. The van der Waals surface area contributed by atoms with Crippen LogP contribution < -0.4 is 5.73 Å². The fourth-order valence-corrected chi connectivity index (χ4v) is 1.92. The molecule has 2 atom stereocenters. The van der Waals surface area contributed by atoms with Gasteiger partial charge in [0.15, 0.2) is 0 Å². The predicted octanol–water partition coefficient (Wildman–Crippen LogP) is 2.76. The highest BCUT2D eigenvalue weighted by Gasteiger charge is 2.20. The molecule has 0 aromatic heterocycles. The minimum atomic E-state index is -0.618. The number of halogens is 2. The van der Waals surface area contributed by atoms with Gasteiger partial charge in [0.1, 0.15) is 0 Å². The van der Waals surface area contributed by atoms with Crippen LogP contribution in [0.5, 0.6) is 0 Å². The number of hydrogen-bond acceptors (Lipinski definition) is 2. The molecule has 0 fully saturated rings. The highest BCUT2D eigenvalue weighted by Crippen LogP contribution is 2.31. The van der Waals surface area contributed by atoms with Crippen molar-refractivity contribution in [2.45, 2.75) is 25.5 Å². The first-order valence-electron chi connectivity index (χ1n) is 4.45. The summed E-state index contributed by atoms with van der Waals surface area (Å²) in [5.74, 6) is 0. The SMILES string of the molecule is CC[C@H](O)[C@H](N)c1c(Cl)cccc1Cl. The number of aliphatic hydroxyl groups is 1. The maximum atomic E-state index is 9.59. The van der Waals surface area contributed by atoms with Crippen LogP contribution in [0.4, 0.5) is 0 Å². The van der Waals surface area contributed by atoms with Gasteiger partial charge in [-0.2, -0.15) is 0 Å². The molecule has 0 spiro atoms. The average molecular weight is 234 g/mol. The minimum Gasteiger partial charge on any atom is -0.391 e. The Morgan fingerprint density at radius 2 is 1.86 bits per heavy atom. The molecule has 0 aliphatic carbocycles. The van der Waals surface area contributed by atoms with Crippen LogP contribution in [-0.2, 0) is 0 Å². The third-order valence-corrected chi connectivity index (χ3v) is 2.83. The van der Waals surface area contributed by atoms with Crippen molar-refractivity contribution in [1.82, 2.24) is 0 Å². The highest BCUT2D eigenvalue weighted by atomic mass is 35.5. The minimum absolute atomic E-state index is 0.498. The van der Waals surface area contributed by atoms with E-state index in [0.717, 1.165) is 0 Å². The lowest BCUT2D eigenvalue weighted by atomic mass is 10.0. The van der Waals surface area contributed by atoms with Gasteiger partial charge < -0.3 is 10.8 Å². The van der Waals surface area contributed by atoms with E-state index in [-0.39, 0.29) is 0 Å². The van der Waals surface area contributed by atoms with E-state index in [9.17, 15) is 5.11 Å². The molecule has 0 amide bonds. The van der Waals surface area contributed by atoms with Gasteiger partial charge >= 0.3 is 0 Å². The normalized spacial score (nSPS) is 15.2. The van der Waals surface area contributed by atoms with Crippen LogP contribution in [0, 0.1) is 0 Å². The first kappa shape index (κ1) is 11.8. The van der Waals surface area contributed by atoms with Crippen LogP contribution in [0.2, 0.25) is 10.0 Å². The van der Waals surface area contributed by atoms with Gasteiger partial charge in [0.05, 0.1) is 12.1 Å². The van der Waals surface area contributed by atoms with Crippen LogP contribution in [0.25, 0.3) is 0 Å². The molecule has 0 unspecified atom stereocenters. The lowest BCUT2D eigenvalue weighted by Crippen LogP contribution is -2.26. The molecule has 0 saturated carbocycles. The van der Waals surface area contributed by atoms with E-state index in [4.69, 9.17) is 28.9 Å². The number of benzene rings is 1. The second-order valence-corrected chi connectivity index (χ2v) is 3.95. The molecule has 0 aliphatic rings. The molecule has 78 valence electrons. The summed E-state index contributed by atoms with van der Waals surface area (Å²) in [5, 5.41) is 10.6. The Morgan fingerprint density at radius 1 is 1.36 bits per heavy atom. The van der Waals surface area contributed by atoms with Gasteiger partial charge in [0.2, 0.25) is 0 Å². The van der Waals surface area contributed by atoms with Crippen LogP contribution in [0.15, 0.2) is 18.2 Å². The topological polar surface area (TPSA) is 46.2 Å². The van der Waals surface area contributed by atoms with Gasteiger partial charge in [-0.1, -0.05) is 36.2 Å². The van der Waals surface area contributed by atoms with Gasteiger partial charge in [-0.15, -0.1) is 0 Å². The fourth-order valence-electron chi connectivity index (χ4n) is 1.28. The first-order valence-corrected chi connectivity index (χ1v) is 5.21. The standard InChI is InChI=1S/C10H13Cl2NO/c1-2-8(14)10(13)9-6(11)4-3-5-7(9)12/h3-5,8,10,14H,2,13H2,1H3/t8-,10-/m0/s1. The Hall–Kier alpha value is -0.280. The maximum absolute atomic E-state index is 9.59. The van der Waals surface area contributed by atoms with Gasteiger partial charge in [0.25, 0.3) is 0 Å². The van der Waals surface area contributed by atoms with Crippen molar-refractivity contribution >= 4 is 23.2 Å². The Balaban J connectivity index is 3.05. The Morgan fingerprint density at radius 3 is 2.29 bits per heavy atom. The summed E-state index contributed by atoms with van der Waals surface area (Å²) >= 11 is 11.9. The summed E-state index contributed by atoms with van der Waals surface area (Å²) in [5.41, 5.74) is 6.45. The molecular weight excluding hydrogens is 221 g/mol. The van der Waals surface area contributed by atoms with E-state index in [2.05, 4.69) is 0 Å².